The predicted octanol–water partition coefficient (Wildman–Crippen LogP) is 0.618. The fourth-order valence-corrected chi connectivity index (χ4v) is 0.279. The van der Waals surface area contributed by atoms with E-state index in [1.165, 1.54) is 0 Å². The zero-order chi connectivity index (χ0) is 5.70. The van der Waals surface area contributed by atoms with E-state index in [1.54, 1.807) is 0 Å². The third-order valence-corrected chi connectivity index (χ3v) is 0.917. The summed E-state index contributed by atoms with van der Waals surface area (Å²) in [6.45, 7) is 2.06. The van der Waals surface area contributed by atoms with Gasteiger partial charge in [-0.1, -0.05) is 0 Å². The molecule has 0 saturated heterocycles. The van der Waals surface area contributed by atoms with Crippen LogP contribution in [-0.2, 0) is 0 Å². The van der Waals surface area contributed by atoms with E-state index < -0.39 is 0 Å². The average Bonchev–Trinajstić information content (AvgIpc) is 1.68. The Kier molecular flexibility index (Phi) is 3.45. The lowest BCUT2D eigenvalue weighted by molar-refractivity contribution is 0.628. The molecule has 0 saturated carbocycles. The van der Waals surface area contributed by atoms with Gasteiger partial charge in [0.1, 0.15) is 0 Å². The Morgan fingerprint density at radius 1 is 1.86 bits per heavy atom. The molecule has 0 aromatic carbocycles. The largest absolute Gasteiger partial charge is 0.316 e. The molecule has 1 nitrogen and oxygen atoms in total. The van der Waals surface area contributed by atoms with Gasteiger partial charge < -0.3 is 5.32 Å². The van der Waals surface area contributed by atoms with E-state index in [4.69, 9.17) is 6.42 Å². The van der Waals surface area contributed by atoms with Gasteiger partial charge in [0.15, 0.2) is 0 Å². The topological polar surface area (TPSA) is 12.0 Å². The zero-order valence-corrected chi connectivity index (χ0v) is 4.86. The number of hydrogen-bond acceptors (Lipinski definition) is 1. The monoisotopic (exact) mass is 97.1 g/mol. The highest BCUT2D eigenvalue weighted by Gasteiger charge is 1.89. The van der Waals surface area contributed by atoms with Crippen LogP contribution in [0.3, 0.4) is 0 Å². The molecule has 0 aliphatic heterocycles. The summed E-state index contributed by atoms with van der Waals surface area (Å²) in [6, 6.07) is 0.463. The molecule has 7 heavy (non-hydrogen) atoms. The van der Waals surface area contributed by atoms with Crippen molar-refractivity contribution >= 4 is 0 Å². The zero-order valence-electron chi connectivity index (χ0n) is 4.86. The van der Waals surface area contributed by atoms with Crippen molar-refractivity contribution in [2.75, 3.05) is 7.05 Å². The number of hydrogen-bond donors (Lipinski definition) is 1. The third-order valence-electron chi connectivity index (χ3n) is 0.917. The van der Waals surface area contributed by atoms with Gasteiger partial charge in [0.05, 0.1) is 0 Å². The fourth-order valence-electron chi connectivity index (χ4n) is 0.279. The van der Waals surface area contributed by atoms with Crippen molar-refractivity contribution in [3.63, 3.8) is 0 Å². The highest BCUT2D eigenvalue weighted by Crippen LogP contribution is 1.82. The van der Waals surface area contributed by atoms with Gasteiger partial charge >= 0.3 is 0 Å². The van der Waals surface area contributed by atoms with Crippen LogP contribution in [-0.4, -0.2) is 13.1 Å². The number of rotatable bonds is 2. The van der Waals surface area contributed by atoms with Crippen LogP contribution < -0.4 is 5.32 Å². The first-order valence-corrected chi connectivity index (χ1v) is 2.42. The molecule has 0 radical (unpaired) electrons. The van der Waals surface area contributed by atoms with Crippen LogP contribution in [0.5, 0.6) is 0 Å². The molecule has 1 N–H and O–H groups in total. The Hall–Kier alpha value is -0.480. The Bertz CT molecular complexity index is 70.7. The maximum Gasteiger partial charge on any atom is 0.0237 e. The van der Waals surface area contributed by atoms with E-state index in [9.17, 15) is 0 Å². The second-order valence-corrected chi connectivity index (χ2v) is 1.60. The van der Waals surface area contributed by atoms with Crippen LogP contribution in [0.4, 0.5) is 0 Å². The van der Waals surface area contributed by atoms with Gasteiger partial charge in [-0.15, -0.1) is 12.3 Å². The number of nitrogens with one attached hydrogen (secondary N) is 1. The number of terminal acetylenes is 1. The molecular formula is C6H11N. The third kappa shape index (κ3) is 3.35. The molecule has 0 bridgehead atoms. The van der Waals surface area contributed by atoms with Crippen LogP contribution in [0, 0.1) is 12.3 Å². The van der Waals surface area contributed by atoms with Gasteiger partial charge in [-0.3, -0.25) is 0 Å². The van der Waals surface area contributed by atoms with Crippen LogP contribution in [0.2, 0.25) is 0 Å². The molecule has 0 aliphatic rings. The highest BCUT2D eigenvalue weighted by molar-refractivity contribution is 4.87. The first kappa shape index (κ1) is 6.52. The average molecular weight is 97.2 g/mol. The first-order chi connectivity index (χ1) is 3.31. The van der Waals surface area contributed by atoms with Crippen LogP contribution in [0.15, 0.2) is 0 Å². The molecule has 0 unspecified atom stereocenters. The van der Waals surface area contributed by atoms with Gasteiger partial charge in [0.25, 0.3) is 0 Å². The van der Waals surface area contributed by atoms with Crippen molar-refractivity contribution in [1.82, 2.24) is 5.32 Å². The van der Waals surface area contributed by atoms with Crippen molar-refractivity contribution in [1.29, 1.82) is 0 Å². The van der Waals surface area contributed by atoms with Gasteiger partial charge in [0.2, 0.25) is 0 Å². The molecule has 1 heteroatoms. The fraction of sp³-hybridized carbons (Fsp3) is 0.667. The van der Waals surface area contributed by atoms with Crippen molar-refractivity contribution in [2.45, 2.75) is 19.4 Å². The lowest BCUT2D eigenvalue weighted by Crippen LogP contribution is -2.19. The van der Waals surface area contributed by atoms with E-state index in [0.717, 1.165) is 6.42 Å². The maximum atomic E-state index is 5.01. The van der Waals surface area contributed by atoms with Gasteiger partial charge in [0, 0.05) is 12.5 Å². The van der Waals surface area contributed by atoms with Crippen molar-refractivity contribution < 1.29 is 0 Å². The molecule has 1 atom stereocenters. The summed E-state index contributed by atoms with van der Waals surface area (Å²) in [5.74, 6) is 2.56. The highest BCUT2D eigenvalue weighted by atomic mass is 14.8. The lowest BCUT2D eigenvalue weighted by Gasteiger charge is -2.01. The Morgan fingerprint density at radius 2 is 2.43 bits per heavy atom. The minimum atomic E-state index is 0.463. The summed E-state index contributed by atoms with van der Waals surface area (Å²) in [7, 11) is 1.90. The molecule has 0 fully saturated rings. The SMILES string of the molecule is C#CC[C@H](C)NC. The minimum Gasteiger partial charge on any atom is -0.316 e. The van der Waals surface area contributed by atoms with Gasteiger partial charge in [-0.2, -0.15) is 0 Å². The summed E-state index contributed by atoms with van der Waals surface area (Å²) in [4.78, 5) is 0. The van der Waals surface area contributed by atoms with E-state index in [0.29, 0.717) is 6.04 Å². The summed E-state index contributed by atoms with van der Waals surface area (Å²) in [6.07, 6.45) is 5.83. The first-order valence-electron chi connectivity index (χ1n) is 2.42. The lowest BCUT2D eigenvalue weighted by atomic mass is 10.2. The summed E-state index contributed by atoms with van der Waals surface area (Å²) in [5.41, 5.74) is 0. The van der Waals surface area contributed by atoms with Crippen LogP contribution in [0.25, 0.3) is 0 Å². The normalized spacial score (nSPS) is 12.7. The Morgan fingerprint density at radius 3 is 2.57 bits per heavy atom. The summed E-state index contributed by atoms with van der Waals surface area (Å²) in [5, 5.41) is 3.02. The van der Waals surface area contributed by atoms with E-state index in [1.807, 2.05) is 7.05 Å². The molecule has 0 amide bonds. The molecule has 0 heterocycles. The Balaban J connectivity index is 3.03. The molecular weight excluding hydrogens is 86.1 g/mol. The molecule has 0 rings (SSSR count). The van der Waals surface area contributed by atoms with E-state index in [-0.39, 0.29) is 0 Å². The summed E-state index contributed by atoms with van der Waals surface area (Å²) < 4.78 is 0. The predicted molar refractivity (Wildman–Crippen MR) is 32.0 cm³/mol. The maximum absolute atomic E-state index is 5.01. The quantitative estimate of drug-likeness (QED) is 0.498. The van der Waals surface area contributed by atoms with Crippen molar-refractivity contribution in [2.24, 2.45) is 0 Å². The van der Waals surface area contributed by atoms with Gasteiger partial charge in [-0.25, -0.2) is 0 Å². The van der Waals surface area contributed by atoms with Crippen LogP contribution in [0.1, 0.15) is 13.3 Å². The van der Waals surface area contributed by atoms with Crippen molar-refractivity contribution in [3.8, 4) is 12.3 Å². The standard InChI is InChI=1S/C6H11N/c1-4-5-6(2)7-3/h1,6-7H,5H2,2-3H3/t6-/m0/s1. The van der Waals surface area contributed by atoms with E-state index in [2.05, 4.69) is 18.2 Å². The van der Waals surface area contributed by atoms with Crippen molar-refractivity contribution in [3.05, 3.63) is 0 Å². The van der Waals surface area contributed by atoms with E-state index >= 15 is 0 Å². The second-order valence-electron chi connectivity index (χ2n) is 1.60. The molecule has 0 aliphatic carbocycles. The van der Waals surface area contributed by atoms with Crippen LogP contribution >= 0.6 is 0 Å². The Labute approximate surface area is 45.1 Å². The molecule has 40 valence electrons. The minimum absolute atomic E-state index is 0.463. The molecule has 0 aromatic heterocycles. The summed E-state index contributed by atoms with van der Waals surface area (Å²) >= 11 is 0. The second kappa shape index (κ2) is 3.70. The smallest absolute Gasteiger partial charge is 0.0237 e. The van der Waals surface area contributed by atoms with Gasteiger partial charge in [-0.05, 0) is 14.0 Å². The molecule has 0 spiro atoms. The molecule has 0 aromatic rings.